The van der Waals surface area contributed by atoms with Gasteiger partial charge in [0, 0.05) is 18.4 Å². The van der Waals surface area contributed by atoms with Crippen molar-refractivity contribution in [2.75, 3.05) is 0 Å². The van der Waals surface area contributed by atoms with Gasteiger partial charge in [-0.2, -0.15) is 0 Å². The minimum atomic E-state index is 0.751. The third-order valence-corrected chi connectivity index (χ3v) is 2.85. The molecule has 0 amide bonds. The van der Waals surface area contributed by atoms with Crippen LogP contribution in [0.4, 0.5) is 0 Å². The summed E-state index contributed by atoms with van der Waals surface area (Å²) in [6, 6.07) is 0.751. The molecular weight excluding hydrogens is 158 g/mol. The van der Waals surface area contributed by atoms with Gasteiger partial charge in [-0.15, -0.1) is 0 Å². The SMILES string of the molecule is C1=CC=CN(C2CCCCC2)C=C1. The van der Waals surface area contributed by atoms with E-state index >= 15 is 0 Å². The quantitative estimate of drug-likeness (QED) is 0.591. The lowest BCUT2D eigenvalue weighted by molar-refractivity contribution is 0.278. The highest BCUT2D eigenvalue weighted by molar-refractivity contribution is 5.16. The Labute approximate surface area is 80.4 Å². The number of rotatable bonds is 1. The molecule has 70 valence electrons. The zero-order valence-corrected chi connectivity index (χ0v) is 8.02. The number of hydrogen-bond donors (Lipinski definition) is 0. The molecule has 0 spiro atoms. The van der Waals surface area contributed by atoms with Crippen molar-refractivity contribution >= 4 is 0 Å². The predicted octanol–water partition coefficient (Wildman–Crippen LogP) is 3.22. The van der Waals surface area contributed by atoms with Crippen LogP contribution in [0.25, 0.3) is 0 Å². The van der Waals surface area contributed by atoms with Gasteiger partial charge in [0.25, 0.3) is 0 Å². The minimum absolute atomic E-state index is 0.751. The lowest BCUT2D eigenvalue weighted by Gasteiger charge is -2.30. The van der Waals surface area contributed by atoms with Gasteiger partial charge >= 0.3 is 0 Å². The van der Waals surface area contributed by atoms with Crippen molar-refractivity contribution in [2.24, 2.45) is 0 Å². The average Bonchev–Trinajstić information content (AvgIpc) is 2.47. The second-order valence-electron chi connectivity index (χ2n) is 3.81. The molecule has 0 atom stereocenters. The van der Waals surface area contributed by atoms with Crippen LogP contribution in [-0.2, 0) is 0 Å². The average molecular weight is 175 g/mol. The molecule has 0 saturated heterocycles. The lowest BCUT2D eigenvalue weighted by Crippen LogP contribution is -2.28. The van der Waals surface area contributed by atoms with Crippen LogP contribution in [-0.4, -0.2) is 10.9 Å². The Hall–Kier alpha value is -0.980. The van der Waals surface area contributed by atoms with Crippen molar-refractivity contribution in [1.29, 1.82) is 0 Å². The molecule has 1 fully saturated rings. The first kappa shape index (κ1) is 8.61. The predicted molar refractivity (Wildman–Crippen MR) is 56.1 cm³/mol. The van der Waals surface area contributed by atoms with Crippen LogP contribution < -0.4 is 0 Å². The zero-order valence-electron chi connectivity index (χ0n) is 8.02. The first-order chi connectivity index (χ1) is 6.47. The number of nitrogens with zero attached hydrogens (tertiary/aromatic N) is 1. The minimum Gasteiger partial charge on any atom is -0.351 e. The van der Waals surface area contributed by atoms with Crippen LogP contribution in [0.1, 0.15) is 32.1 Å². The van der Waals surface area contributed by atoms with Crippen molar-refractivity contribution in [3.8, 4) is 0 Å². The summed E-state index contributed by atoms with van der Waals surface area (Å²) in [6.07, 6.45) is 19.7. The van der Waals surface area contributed by atoms with E-state index in [9.17, 15) is 0 Å². The fraction of sp³-hybridized carbons (Fsp3) is 0.500. The lowest BCUT2D eigenvalue weighted by atomic mass is 9.94. The Morgan fingerprint density at radius 3 is 2.00 bits per heavy atom. The van der Waals surface area contributed by atoms with E-state index in [1.54, 1.807) is 0 Å². The molecule has 0 unspecified atom stereocenters. The molecule has 1 saturated carbocycles. The molecule has 1 nitrogen and oxygen atoms in total. The Balaban J connectivity index is 1.98. The number of allylic oxidation sites excluding steroid dienone is 4. The number of hydrogen-bond acceptors (Lipinski definition) is 1. The summed E-state index contributed by atoms with van der Waals surface area (Å²) in [5.74, 6) is 0. The molecule has 0 aromatic heterocycles. The van der Waals surface area contributed by atoms with E-state index in [2.05, 4.69) is 41.6 Å². The van der Waals surface area contributed by atoms with E-state index in [4.69, 9.17) is 0 Å². The maximum atomic E-state index is 2.36. The van der Waals surface area contributed by atoms with Gasteiger partial charge in [0.05, 0.1) is 0 Å². The summed E-state index contributed by atoms with van der Waals surface area (Å²) >= 11 is 0. The molecule has 0 aromatic carbocycles. The summed E-state index contributed by atoms with van der Waals surface area (Å²) in [6.45, 7) is 0. The van der Waals surface area contributed by atoms with Crippen molar-refractivity contribution in [3.05, 3.63) is 36.7 Å². The van der Waals surface area contributed by atoms with E-state index in [0.29, 0.717) is 0 Å². The van der Waals surface area contributed by atoms with E-state index in [-0.39, 0.29) is 0 Å². The monoisotopic (exact) mass is 175 g/mol. The zero-order chi connectivity index (χ0) is 8.93. The molecule has 1 heterocycles. The normalized spacial score (nSPS) is 23.5. The van der Waals surface area contributed by atoms with Crippen LogP contribution in [0.15, 0.2) is 36.7 Å². The Morgan fingerprint density at radius 1 is 0.769 bits per heavy atom. The molecule has 2 rings (SSSR count). The van der Waals surface area contributed by atoms with Crippen molar-refractivity contribution in [2.45, 2.75) is 38.1 Å². The molecule has 0 aromatic rings. The summed E-state index contributed by atoms with van der Waals surface area (Å²) in [4.78, 5) is 2.36. The first-order valence-electron chi connectivity index (χ1n) is 5.26. The Bertz CT molecular complexity index is 216. The standard InChI is InChI=1S/C12H17N/c1-2-7-11-13(10-6-1)12-8-4-3-5-9-12/h1-2,6-7,10-12H,3-5,8-9H2. The topological polar surface area (TPSA) is 3.24 Å². The second kappa shape index (κ2) is 4.31. The van der Waals surface area contributed by atoms with Crippen LogP contribution in [0.3, 0.4) is 0 Å². The van der Waals surface area contributed by atoms with Crippen molar-refractivity contribution in [1.82, 2.24) is 4.90 Å². The highest BCUT2D eigenvalue weighted by Crippen LogP contribution is 2.23. The maximum Gasteiger partial charge on any atom is 0.0330 e. The summed E-state index contributed by atoms with van der Waals surface area (Å²) < 4.78 is 0. The van der Waals surface area contributed by atoms with Gasteiger partial charge in [0.15, 0.2) is 0 Å². The van der Waals surface area contributed by atoms with Gasteiger partial charge in [-0.25, -0.2) is 0 Å². The Morgan fingerprint density at radius 2 is 1.38 bits per heavy atom. The van der Waals surface area contributed by atoms with Gasteiger partial charge in [0.2, 0.25) is 0 Å². The molecule has 0 N–H and O–H groups in total. The Kier molecular flexibility index (Phi) is 2.86. The first-order valence-corrected chi connectivity index (χ1v) is 5.26. The van der Waals surface area contributed by atoms with Crippen molar-refractivity contribution in [3.63, 3.8) is 0 Å². The molecule has 2 aliphatic rings. The highest BCUT2D eigenvalue weighted by Gasteiger charge is 2.16. The van der Waals surface area contributed by atoms with Crippen LogP contribution in [0.2, 0.25) is 0 Å². The third-order valence-electron chi connectivity index (χ3n) is 2.85. The van der Waals surface area contributed by atoms with Crippen LogP contribution in [0.5, 0.6) is 0 Å². The van der Waals surface area contributed by atoms with E-state index in [1.165, 1.54) is 32.1 Å². The van der Waals surface area contributed by atoms with Gasteiger partial charge < -0.3 is 4.90 Å². The maximum absolute atomic E-state index is 2.36. The summed E-state index contributed by atoms with van der Waals surface area (Å²) in [5.41, 5.74) is 0. The fourth-order valence-corrected chi connectivity index (χ4v) is 2.10. The van der Waals surface area contributed by atoms with E-state index < -0.39 is 0 Å². The molecular formula is C12H17N. The van der Waals surface area contributed by atoms with Gasteiger partial charge in [-0.3, -0.25) is 0 Å². The van der Waals surface area contributed by atoms with E-state index in [0.717, 1.165) is 6.04 Å². The molecule has 0 bridgehead atoms. The smallest absolute Gasteiger partial charge is 0.0330 e. The van der Waals surface area contributed by atoms with Gasteiger partial charge in [-0.05, 0) is 25.0 Å². The molecule has 1 aliphatic heterocycles. The largest absolute Gasteiger partial charge is 0.351 e. The summed E-state index contributed by atoms with van der Waals surface area (Å²) in [7, 11) is 0. The van der Waals surface area contributed by atoms with Gasteiger partial charge in [0.1, 0.15) is 0 Å². The van der Waals surface area contributed by atoms with E-state index in [1.807, 2.05) is 0 Å². The van der Waals surface area contributed by atoms with Crippen LogP contribution in [0, 0.1) is 0 Å². The highest BCUT2D eigenvalue weighted by atomic mass is 15.1. The third kappa shape index (κ3) is 2.24. The molecule has 13 heavy (non-hydrogen) atoms. The van der Waals surface area contributed by atoms with Gasteiger partial charge in [-0.1, -0.05) is 31.4 Å². The van der Waals surface area contributed by atoms with Crippen LogP contribution >= 0.6 is 0 Å². The van der Waals surface area contributed by atoms with Crippen molar-refractivity contribution < 1.29 is 0 Å². The summed E-state index contributed by atoms with van der Waals surface area (Å²) in [5, 5.41) is 0. The molecule has 0 radical (unpaired) electrons. The second-order valence-corrected chi connectivity index (χ2v) is 3.81. The molecule has 1 aliphatic carbocycles. The molecule has 1 heteroatoms. The fourth-order valence-electron chi connectivity index (χ4n) is 2.10.